The van der Waals surface area contributed by atoms with E-state index < -0.39 is 0 Å². The highest BCUT2D eigenvalue weighted by atomic mass is 16.5. The summed E-state index contributed by atoms with van der Waals surface area (Å²) in [5.74, 6) is 5.43. The molecule has 0 atom stereocenters. The maximum absolute atomic E-state index is 12.5. The Morgan fingerprint density at radius 1 is 1.42 bits per heavy atom. The molecule has 1 fully saturated rings. The quantitative estimate of drug-likeness (QED) is 0.641. The fourth-order valence-electron chi connectivity index (χ4n) is 2.42. The van der Waals surface area contributed by atoms with Gasteiger partial charge in [0.2, 0.25) is 0 Å². The van der Waals surface area contributed by atoms with Crippen molar-refractivity contribution in [3.05, 3.63) is 29.3 Å². The molecule has 1 aromatic rings. The minimum atomic E-state index is 0.0629. The van der Waals surface area contributed by atoms with Gasteiger partial charge in [-0.25, -0.2) is 0 Å². The average Bonchev–Trinajstić information content (AvgIpc) is 2.46. The second-order valence-corrected chi connectivity index (χ2v) is 4.93. The third-order valence-corrected chi connectivity index (χ3v) is 3.68. The number of nitrogens with zero attached hydrogens (tertiary/aromatic N) is 1. The monoisotopic (exact) mass is 263 g/mol. The van der Waals surface area contributed by atoms with Crippen LogP contribution in [0, 0.1) is 6.92 Å². The number of nitrogens with two attached hydrogens (primary N) is 1. The molecule has 1 aliphatic heterocycles. The van der Waals surface area contributed by atoms with Crippen molar-refractivity contribution >= 4 is 11.6 Å². The summed E-state index contributed by atoms with van der Waals surface area (Å²) >= 11 is 0. The highest BCUT2D eigenvalue weighted by Gasteiger charge is 2.24. The molecule has 0 unspecified atom stereocenters. The fourth-order valence-corrected chi connectivity index (χ4v) is 2.42. The number of hydrogen-bond donors (Lipinski definition) is 2. The van der Waals surface area contributed by atoms with Crippen LogP contribution in [-0.2, 0) is 4.74 Å². The van der Waals surface area contributed by atoms with E-state index in [2.05, 4.69) is 5.43 Å². The number of carbonyl (C=O) groups excluding carboxylic acids is 1. The molecule has 3 N–H and O–H groups in total. The molecule has 0 spiro atoms. The number of hydrogen-bond acceptors (Lipinski definition) is 4. The van der Waals surface area contributed by atoms with Gasteiger partial charge < -0.3 is 15.1 Å². The van der Waals surface area contributed by atoms with Crippen LogP contribution in [0.1, 0.15) is 28.8 Å². The van der Waals surface area contributed by atoms with Crippen LogP contribution in [0.4, 0.5) is 5.69 Å². The Labute approximate surface area is 113 Å². The van der Waals surface area contributed by atoms with E-state index in [1.807, 2.05) is 37.1 Å². The smallest absolute Gasteiger partial charge is 0.254 e. The first-order chi connectivity index (χ1) is 9.13. The average molecular weight is 263 g/mol. The maximum Gasteiger partial charge on any atom is 0.254 e. The number of ether oxygens (including phenoxy) is 1. The minimum absolute atomic E-state index is 0.0629. The molecule has 0 bridgehead atoms. The standard InChI is InChI=1S/C14H21N3O2/c1-10-9-11(16-15)3-4-13(10)14(18)17(2)12-5-7-19-8-6-12/h3-4,9,12,16H,5-8,15H2,1-2H3. The van der Waals surface area contributed by atoms with E-state index in [0.717, 1.165) is 42.9 Å². The van der Waals surface area contributed by atoms with Crippen molar-refractivity contribution in [1.29, 1.82) is 0 Å². The Morgan fingerprint density at radius 3 is 2.68 bits per heavy atom. The van der Waals surface area contributed by atoms with Crippen molar-refractivity contribution in [1.82, 2.24) is 4.90 Å². The van der Waals surface area contributed by atoms with Crippen molar-refractivity contribution in [2.24, 2.45) is 5.84 Å². The Kier molecular flexibility index (Phi) is 4.39. The van der Waals surface area contributed by atoms with Crippen molar-refractivity contribution in [3.63, 3.8) is 0 Å². The number of anilines is 1. The lowest BCUT2D eigenvalue weighted by molar-refractivity contribution is 0.0361. The zero-order valence-electron chi connectivity index (χ0n) is 11.5. The summed E-state index contributed by atoms with van der Waals surface area (Å²) in [7, 11) is 1.87. The van der Waals surface area contributed by atoms with E-state index >= 15 is 0 Å². The van der Waals surface area contributed by atoms with Crippen molar-refractivity contribution in [2.75, 3.05) is 25.7 Å². The van der Waals surface area contributed by atoms with Crippen LogP contribution in [0.15, 0.2) is 18.2 Å². The molecule has 0 aliphatic carbocycles. The zero-order chi connectivity index (χ0) is 13.8. The molecule has 1 heterocycles. The van der Waals surface area contributed by atoms with Crippen molar-refractivity contribution in [2.45, 2.75) is 25.8 Å². The highest BCUT2D eigenvalue weighted by Crippen LogP contribution is 2.19. The Hall–Kier alpha value is -1.59. The lowest BCUT2D eigenvalue weighted by Gasteiger charge is -2.31. The molecular weight excluding hydrogens is 242 g/mol. The summed E-state index contributed by atoms with van der Waals surface area (Å²) in [6.45, 7) is 3.39. The Bertz CT molecular complexity index is 456. The summed E-state index contributed by atoms with van der Waals surface area (Å²) in [5.41, 5.74) is 5.05. The first-order valence-electron chi connectivity index (χ1n) is 6.55. The van der Waals surface area contributed by atoms with Gasteiger partial charge in [-0.05, 0) is 43.5 Å². The van der Waals surface area contributed by atoms with Gasteiger partial charge >= 0.3 is 0 Å². The highest BCUT2D eigenvalue weighted by molar-refractivity contribution is 5.96. The summed E-state index contributed by atoms with van der Waals surface area (Å²) in [6.07, 6.45) is 1.81. The second kappa shape index (κ2) is 6.04. The van der Waals surface area contributed by atoms with E-state index in [-0.39, 0.29) is 11.9 Å². The number of benzene rings is 1. The molecule has 0 saturated carbocycles. The summed E-state index contributed by atoms with van der Waals surface area (Å²) in [4.78, 5) is 14.3. The number of carbonyl (C=O) groups is 1. The fraction of sp³-hybridized carbons (Fsp3) is 0.500. The first kappa shape index (κ1) is 13.8. The van der Waals surface area contributed by atoms with Gasteiger partial charge in [-0.15, -0.1) is 0 Å². The van der Waals surface area contributed by atoms with Crippen LogP contribution >= 0.6 is 0 Å². The lowest BCUT2D eigenvalue weighted by atomic mass is 10.0. The molecule has 0 aromatic heterocycles. The molecular formula is C14H21N3O2. The molecule has 1 saturated heterocycles. The predicted octanol–water partition coefficient (Wildman–Crippen LogP) is 1.53. The maximum atomic E-state index is 12.5. The topological polar surface area (TPSA) is 67.6 Å². The van der Waals surface area contributed by atoms with Crippen molar-refractivity contribution in [3.8, 4) is 0 Å². The van der Waals surface area contributed by atoms with Crippen LogP contribution in [0.3, 0.4) is 0 Å². The van der Waals surface area contributed by atoms with Crippen LogP contribution in [0.5, 0.6) is 0 Å². The number of rotatable bonds is 3. The van der Waals surface area contributed by atoms with Gasteiger partial charge in [-0.2, -0.15) is 0 Å². The molecule has 1 aliphatic rings. The van der Waals surface area contributed by atoms with Gasteiger partial charge in [0.25, 0.3) is 5.91 Å². The largest absolute Gasteiger partial charge is 0.381 e. The summed E-state index contributed by atoms with van der Waals surface area (Å²) < 4.78 is 5.33. The number of nitrogen functional groups attached to an aromatic ring is 1. The van der Waals surface area contributed by atoms with E-state index in [1.54, 1.807) is 0 Å². The molecule has 1 amide bonds. The normalized spacial score (nSPS) is 16.2. The number of amides is 1. The van der Waals surface area contributed by atoms with E-state index in [4.69, 9.17) is 10.6 Å². The molecule has 5 heteroatoms. The van der Waals surface area contributed by atoms with E-state index in [1.165, 1.54) is 0 Å². The van der Waals surface area contributed by atoms with Gasteiger partial charge in [-0.3, -0.25) is 10.6 Å². The van der Waals surface area contributed by atoms with E-state index in [0.29, 0.717) is 0 Å². The van der Waals surface area contributed by atoms with Crippen LogP contribution in [0.2, 0.25) is 0 Å². The van der Waals surface area contributed by atoms with Gasteiger partial charge in [0.1, 0.15) is 0 Å². The van der Waals surface area contributed by atoms with Crippen LogP contribution in [0.25, 0.3) is 0 Å². The minimum Gasteiger partial charge on any atom is -0.381 e. The zero-order valence-corrected chi connectivity index (χ0v) is 11.5. The third kappa shape index (κ3) is 3.05. The van der Waals surface area contributed by atoms with Gasteiger partial charge in [-0.1, -0.05) is 0 Å². The molecule has 19 heavy (non-hydrogen) atoms. The SMILES string of the molecule is Cc1cc(NN)ccc1C(=O)N(C)C1CCOCC1. The molecule has 5 nitrogen and oxygen atoms in total. The Balaban J connectivity index is 2.14. The first-order valence-corrected chi connectivity index (χ1v) is 6.55. The molecule has 104 valence electrons. The number of hydrazine groups is 1. The summed E-state index contributed by atoms with van der Waals surface area (Å²) in [5, 5.41) is 0. The number of nitrogens with one attached hydrogen (secondary N) is 1. The van der Waals surface area contributed by atoms with Crippen LogP contribution in [-0.4, -0.2) is 37.1 Å². The molecule has 1 aromatic carbocycles. The third-order valence-electron chi connectivity index (χ3n) is 3.68. The molecule has 0 radical (unpaired) electrons. The Morgan fingerprint density at radius 2 is 2.11 bits per heavy atom. The van der Waals surface area contributed by atoms with Crippen molar-refractivity contribution < 1.29 is 9.53 Å². The van der Waals surface area contributed by atoms with E-state index in [9.17, 15) is 4.79 Å². The molecule has 2 rings (SSSR count). The van der Waals surface area contributed by atoms with Crippen LogP contribution < -0.4 is 11.3 Å². The predicted molar refractivity (Wildman–Crippen MR) is 74.9 cm³/mol. The van der Waals surface area contributed by atoms with Gasteiger partial charge in [0, 0.05) is 37.6 Å². The number of aryl methyl sites for hydroxylation is 1. The second-order valence-electron chi connectivity index (χ2n) is 4.93. The lowest BCUT2D eigenvalue weighted by Crippen LogP contribution is -2.40. The van der Waals surface area contributed by atoms with Gasteiger partial charge in [0.05, 0.1) is 0 Å². The van der Waals surface area contributed by atoms with Gasteiger partial charge in [0.15, 0.2) is 0 Å². The summed E-state index contributed by atoms with van der Waals surface area (Å²) in [6, 6.07) is 5.79.